The maximum Gasteiger partial charge on any atom is 0.333 e. The summed E-state index contributed by atoms with van der Waals surface area (Å²) in [5.74, 6) is -0.577. The molecule has 3 aromatic rings. The topological polar surface area (TPSA) is 103 Å². The Morgan fingerprint density at radius 3 is 2.50 bits per heavy atom. The maximum absolute atomic E-state index is 12.7. The minimum atomic E-state index is -0.997. The summed E-state index contributed by atoms with van der Waals surface area (Å²) in [5.41, 5.74) is 3.89. The second-order valence-corrected chi connectivity index (χ2v) is 8.27. The molecule has 2 aromatic carbocycles. The molecule has 1 atom stereocenters. The van der Waals surface area contributed by atoms with Gasteiger partial charge >= 0.3 is 5.97 Å². The highest BCUT2D eigenvalue weighted by molar-refractivity contribution is 5.93. The monoisotopic (exact) mass is 465 g/mol. The number of carbonyl (C=O) groups excluding carboxylic acids is 1. The number of ether oxygens (including phenoxy) is 2. The summed E-state index contributed by atoms with van der Waals surface area (Å²) in [7, 11) is 3.39. The first kappa shape index (κ1) is 25.0. The number of methoxy groups -OCH3 is 1. The van der Waals surface area contributed by atoms with Crippen molar-refractivity contribution in [3.8, 4) is 17.0 Å². The van der Waals surface area contributed by atoms with Gasteiger partial charge in [0.2, 0.25) is 0 Å². The molecule has 3 rings (SSSR count). The van der Waals surface area contributed by atoms with E-state index in [1.54, 1.807) is 17.9 Å². The van der Waals surface area contributed by atoms with E-state index in [9.17, 15) is 14.7 Å². The molecule has 8 heteroatoms. The number of aryl methyl sites for hydroxylation is 1. The fourth-order valence-electron chi connectivity index (χ4n) is 3.75. The predicted octanol–water partition coefficient (Wildman–Crippen LogP) is 3.49. The number of hydrogen-bond donors (Lipinski definition) is 2. The van der Waals surface area contributed by atoms with Crippen LogP contribution in [0.2, 0.25) is 0 Å². The van der Waals surface area contributed by atoms with Crippen LogP contribution < -0.4 is 10.1 Å². The summed E-state index contributed by atoms with van der Waals surface area (Å²) in [6.45, 7) is 3.99. The molecule has 1 aromatic heterocycles. The normalized spacial score (nSPS) is 11.9. The summed E-state index contributed by atoms with van der Waals surface area (Å²) in [6, 6.07) is 17.1. The lowest BCUT2D eigenvalue weighted by molar-refractivity contribution is -0.153. The van der Waals surface area contributed by atoms with Crippen molar-refractivity contribution >= 4 is 11.9 Å². The molecule has 34 heavy (non-hydrogen) atoms. The Labute approximate surface area is 199 Å². The number of aliphatic carboxylic acids is 1. The second-order valence-electron chi connectivity index (χ2n) is 8.27. The molecule has 1 unspecified atom stereocenters. The van der Waals surface area contributed by atoms with Gasteiger partial charge in [-0.1, -0.05) is 42.5 Å². The largest absolute Gasteiger partial charge is 0.496 e. The first-order chi connectivity index (χ1) is 16.3. The number of nitrogens with zero attached hydrogens (tertiary/aromatic N) is 2. The Bertz CT molecular complexity index is 1120. The Hall–Kier alpha value is -3.65. The van der Waals surface area contributed by atoms with Crippen molar-refractivity contribution in [3.63, 3.8) is 0 Å². The van der Waals surface area contributed by atoms with Gasteiger partial charge in [0.1, 0.15) is 5.75 Å². The van der Waals surface area contributed by atoms with Gasteiger partial charge in [-0.15, -0.1) is 0 Å². The highest BCUT2D eigenvalue weighted by atomic mass is 16.5. The molecule has 0 saturated heterocycles. The maximum atomic E-state index is 12.7. The summed E-state index contributed by atoms with van der Waals surface area (Å²) in [4.78, 5) is 24.2. The molecule has 0 spiro atoms. The summed E-state index contributed by atoms with van der Waals surface area (Å²) >= 11 is 0. The number of nitrogens with one attached hydrogen (secondary N) is 1. The SMILES string of the molecule is COc1ccc(CC(OC(C)C)C(=O)O)cc1CCNC(=O)c1cc(-c2ccccc2)n(C)n1. The Balaban J connectivity index is 1.65. The third kappa shape index (κ3) is 6.45. The highest BCUT2D eigenvalue weighted by Gasteiger charge is 2.21. The number of rotatable bonds is 11. The molecule has 0 aliphatic rings. The number of hydrogen-bond acceptors (Lipinski definition) is 5. The van der Waals surface area contributed by atoms with E-state index in [2.05, 4.69) is 10.4 Å². The first-order valence-electron chi connectivity index (χ1n) is 11.2. The van der Waals surface area contributed by atoms with Crippen LogP contribution in [0.15, 0.2) is 54.6 Å². The smallest absolute Gasteiger partial charge is 0.333 e. The van der Waals surface area contributed by atoms with E-state index in [4.69, 9.17) is 9.47 Å². The van der Waals surface area contributed by atoms with E-state index in [0.717, 1.165) is 22.4 Å². The minimum absolute atomic E-state index is 0.192. The van der Waals surface area contributed by atoms with Crippen molar-refractivity contribution in [1.82, 2.24) is 15.1 Å². The Morgan fingerprint density at radius 1 is 1.12 bits per heavy atom. The lowest BCUT2D eigenvalue weighted by Gasteiger charge is -2.17. The molecule has 8 nitrogen and oxygen atoms in total. The van der Waals surface area contributed by atoms with Gasteiger partial charge in [0.15, 0.2) is 11.8 Å². The third-order valence-corrected chi connectivity index (χ3v) is 5.34. The van der Waals surface area contributed by atoms with Crippen molar-refractivity contribution in [3.05, 3.63) is 71.4 Å². The zero-order valence-electron chi connectivity index (χ0n) is 19.9. The molecule has 0 saturated carbocycles. The fraction of sp³-hybridized carbons (Fsp3) is 0.346. The molecule has 0 fully saturated rings. The molecule has 0 aliphatic carbocycles. The Kier molecular flexibility index (Phi) is 8.43. The zero-order chi connectivity index (χ0) is 24.7. The Morgan fingerprint density at radius 2 is 1.85 bits per heavy atom. The zero-order valence-corrected chi connectivity index (χ0v) is 19.9. The number of amides is 1. The molecule has 0 radical (unpaired) electrons. The minimum Gasteiger partial charge on any atom is -0.496 e. The molecular formula is C26H31N3O5. The van der Waals surface area contributed by atoms with Crippen LogP contribution in [-0.2, 0) is 29.4 Å². The number of aromatic nitrogens is 2. The van der Waals surface area contributed by atoms with E-state index >= 15 is 0 Å². The average Bonchev–Trinajstić information content (AvgIpc) is 3.20. The van der Waals surface area contributed by atoms with Gasteiger partial charge in [0.25, 0.3) is 5.91 Å². The second kappa shape index (κ2) is 11.5. The average molecular weight is 466 g/mol. The summed E-state index contributed by atoms with van der Waals surface area (Å²) in [5, 5.41) is 16.7. The molecule has 0 bridgehead atoms. The summed E-state index contributed by atoms with van der Waals surface area (Å²) in [6.07, 6.45) is -0.358. The van der Waals surface area contributed by atoms with E-state index in [0.29, 0.717) is 24.4 Å². The van der Waals surface area contributed by atoms with Crippen molar-refractivity contribution in [2.24, 2.45) is 7.05 Å². The molecule has 1 amide bonds. The number of carboxylic acid groups (broad SMARTS) is 1. The van der Waals surface area contributed by atoms with Gasteiger partial charge < -0.3 is 19.9 Å². The van der Waals surface area contributed by atoms with Crippen molar-refractivity contribution in [2.45, 2.75) is 38.9 Å². The lowest BCUT2D eigenvalue weighted by atomic mass is 10.0. The van der Waals surface area contributed by atoms with Crippen molar-refractivity contribution < 1.29 is 24.2 Å². The molecule has 180 valence electrons. The van der Waals surface area contributed by atoms with Gasteiger partial charge in [-0.25, -0.2) is 4.79 Å². The quantitative estimate of drug-likeness (QED) is 0.449. The standard InChI is InChI=1S/C26H31N3O5/c1-17(2)34-24(26(31)32)15-18-10-11-23(33-4)20(14-18)12-13-27-25(30)21-16-22(29(3)28-21)19-8-6-5-7-9-19/h5-11,14,16-17,24H,12-13,15H2,1-4H3,(H,27,30)(H,31,32). The van der Waals surface area contributed by atoms with Crippen LogP contribution >= 0.6 is 0 Å². The van der Waals surface area contributed by atoms with E-state index in [1.807, 2.05) is 69.4 Å². The van der Waals surface area contributed by atoms with Gasteiger partial charge in [0, 0.05) is 20.0 Å². The number of carboxylic acids is 1. The molecule has 0 aliphatic heterocycles. The van der Waals surface area contributed by atoms with Crippen LogP contribution in [-0.4, -0.2) is 52.6 Å². The van der Waals surface area contributed by atoms with Crippen LogP contribution in [0.5, 0.6) is 5.75 Å². The van der Waals surface area contributed by atoms with Gasteiger partial charge in [-0.3, -0.25) is 9.48 Å². The van der Waals surface area contributed by atoms with Crippen LogP contribution in [0.3, 0.4) is 0 Å². The molecular weight excluding hydrogens is 434 g/mol. The third-order valence-electron chi connectivity index (χ3n) is 5.34. The van der Waals surface area contributed by atoms with Crippen molar-refractivity contribution in [2.75, 3.05) is 13.7 Å². The van der Waals surface area contributed by atoms with Crippen LogP contribution in [0.1, 0.15) is 35.5 Å². The van der Waals surface area contributed by atoms with Crippen LogP contribution in [0, 0.1) is 0 Å². The van der Waals surface area contributed by atoms with E-state index < -0.39 is 12.1 Å². The molecule has 1 heterocycles. The lowest BCUT2D eigenvalue weighted by Crippen LogP contribution is -2.29. The first-order valence-corrected chi connectivity index (χ1v) is 11.2. The number of benzene rings is 2. The fourth-order valence-corrected chi connectivity index (χ4v) is 3.75. The highest BCUT2D eigenvalue weighted by Crippen LogP contribution is 2.22. The van der Waals surface area contributed by atoms with Crippen molar-refractivity contribution in [1.29, 1.82) is 0 Å². The van der Waals surface area contributed by atoms with Gasteiger partial charge in [-0.05, 0) is 49.1 Å². The van der Waals surface area contributed by atoms with Gasteiger partial charge in [-0.2, -0.15) is 5.10 Å². The predicted molar refractivity (Wildman–Crippen MR) is 129 cm³/mol. The van der Waals surface area contributed by atoms with E-state index in [-0.39, 0.29) is 18.4 Å². The summed E-state index contributed by atoms with van der Waals surface area (Å²) < 4.78 is 12.7. The van der Waals surface area contributed by atoms with Crippen LogP contribution in [0.25, 0.3) is 11.3 Å². The molecule has 2 N–H and O–H groups in total. The number of carbonyl (C=O) groups is 2. The van der Waals surface area contributed by atoms with Gasteiger partial charge in [0.05, 0.1) is 18.9 Å². The van der Waals surface area contributed by atoms with Crippen LogP contribution in [0.4, 0.5) is 0 Å². The van der Waals surface area contributed by atoms with E-state index in [1.165, 1.54) is 0 Å².